The van der Waals surface area contributed by atoms with Crippen LogP contribution in [0.2, 0.25) is 0 Å². The van der Waals surface area contributed by atoms with Gasteiger partial charge in [-0.05, 0) is 40.8 Å². The van der Waals surface area contributed by atoms with E-state index in [1.54, 1.807) is 0 Å². The molecule has 0 spiro atoms. The Morgan fingerprint density at radius 2 is 1.48 bits per heavy atom. The number of imide groups is 1. The minimum absolute atomic E-state index is 0.0566. The van der Waals surface area contributed by atoms with Gasteiger partial charge in [-0.15, -0.1) is 0 Å². The van der Waals surface area contributed by atoms with Gasteiger partial charge in [-0.1, -0.05) is 74.5 Å². The van der Waals surface area contributed by atoms with Crippen LogP contribution in [0.3, 0.4) is 0 Å². The molecule has 3 N–H and O–H groups in total. The second kappa shape index (κ2) is 13.0. The van der Waals surface area contributed by atoms with Crippen LogP contribution < -0.4 is 16.0 Å². The molecule has 0 aliphatic carbocycles. The highest BCUT2D eigenvalue weighted by atomic mass is 16.2. The third kappa shape index (κ3) is 7.31. The molecule has 3 aromatic carbocycles. The molecule has 5 amide bonds. The summed E-state index contributed by atoms with van der Waals surface area (Å²) in [6.45, 7) is 3.49. The summed E-state index contributed by atoms with van der Waals surface area (Å²) in [5.41, 5.74) is 1.39. The van der Waals surface area contributed by atoms with E-state index in [0.717, 1.165) is 21.2 Å². The number of carbonyl (C=O) groups is 5. The second-order valence-corrected chi connectivity index (χ2v) is 10.4. The van der Waals surface area contributed by atoms with E-state index in [1.165, 1.54) is 0 Å². The van der Waals surface area contributed by atoms with Gasteiger partial charge in [-0.25, -0.2) is 0 Å². The average molecular weight is 543 g/mol. The summed E-state index contributed by atoms with van der Waals surface area (Å²) in [6.07, 6.45) is 0.643. The maximum absolute atomic E-state index is 13.2. The van der Waals surface area contributed by atoms with Crippen molar-refractivity contribution in [3.8, 4) is 0 Å². The zero-order valence-electron chi connectivity index (χ0n) is 22.7. The smallest absolute Gasteiger partial charge is 0.246 e. The normalized spacial score (nSPS) is 14.7. The predicted octanol–water partition coefficient (Wildman–Crippen LogP) is 3.19. The molecule has 4 rings (SSSR count). The lowest BCUT2D eigenvalue weighted by Crippen LogP contribution is -2.53. The summed E-state index contributed by atoms with van der Waals surface area (Å²) in [4.78, 5) is 64.9. The van der Waals surface area contributed by atoms with E-state index in [-0.39, 0.29) is 31.1 Å². The summed E-state index contributed by atoms with van der Waals surface area (Å²) in [5, 5.41) is 10.2. The Morgan fingerprint density at radius 3 is 2.15 bits per heavy atom. The summed E-state index contributed by atoms with van der Waals surface area (Å²) >= 11 is 0. The highest BCUT2D eigenvalue weighted by molar-refractivity contribution is 6.06. The molecule has 0 radical (unpaired) electrons. The predicted molar refractivity (Wildman–Crippen MR) is 152 cm³/mol. The average Bonchev–Trinajstić information content (AvgIpc) is 3.27. The van der Waals surface area contributed by atoms with E-state index in [0.29, 0.717) is 12.1 Å². The zero-order valence-corrected chi connectivity index (χ0v) is 22.7. The number of nitrogens with one attached hydrogen (secondary N) is 3. The van der Waals surface area contributed by atoms with Crippen molar-refractivity contribution in [1.82, 2.24) is 15.5 Å². The molecule has 3 aromatic rings. The Balaban J connectivity index is 1.40. The van der Waals surface area contributed by atoms with Gasteiger partial charge >= 0.3 is 0 Å². The highest BCUT2D eigenvalue weighted by Crippen LogP contribution is 2.20. The van der Waals surface area contributed by atoms with Crippen molar-refractivity contribution in [2.45, 2.75) is 51.6 Å². The highest BCUT2D eigenvalue weighted by Gasteiger charge is 2.39. The molecular weight excluding hydrogens is 508 g/mol. The molecule has 1 saturated heterocycles. The molecule has 2 atom stereocenters. The van der Waals surface area contributed by atoms with Crippen LogP contribution in [0.4, 0.5) is 5.69 Å². The van der Waals surface area contributed by atoms with Gasteiger partial charge in [0.05, 0.1) is 6.54 Å². The lowest BCUT2D eigenvalue weighted by atomic mass is 10.0. The molecule has 1 heterocycles. The maximum Gasteiger partial charge on any atom is 0.246 e. The second-order valence-electron chi connectivity index (χ2n) is 10.4. The molecule has 9 nitrogen and oxygen atoms in total. The summed E-state index contributed by atoms with van der Waals surface area (Å²) in [6, 6.07) is 20.6. The topological polar surface area (TPSA) is 125 Å². The fourth-order valence-electron chi connectivity index (χ4n) is 4.81. The Kier molecular flexibility index (Phi) is 9.27. The number of benzene rings is 3. The summed E-state index contributed by atoms with van der Waals surface area (Å²) < 4.78 is 0. The molecule has 2 unspecified atom stereocenters. The molecule has 1 fully saturated rings. The summed E-state index contributed by atoms with van der Waals surface area (Å²) in [5.74, 6) is -2.22. The number of nitrogens with zero attached hydrogens (tertiary/aromatic N) is 1. The zero-order chi connectivity index (χ0) is 28.6. The van der Waals surface area contributed by atoms with E-state index >= 15 is 0 Å². The number of hydrogen-bond acceptors (Lipinski definition) is 5. The van der Waals surface area contributed by atoms with Gasteiger partial charge < -0.3 is 16.0 Å². The van der Waals surface area contributed by atoms with Gasteiger partial charge in [0, 0.05) is 24.9 Å². The van der Waals surface area contributed by atoms with Crippen LogP contribution >= 0.6 is 0 Å². The first-order chi connectivity index (χ1) is 19.2. The third-order valence-corrected chi connectivity index (χ3v) is 6.78. The van der Waals surface area contributed by atoms with Crippen molar-refractivity contribution in [2.75, 3.05) is 11.9 Å². The number of likely N-dealkylation sites (tertiary alicyclic amines) is 1. The van der Waals surface area contributed by atoms with Gasteiger partial charge in [-0.3, -0.25) is 28.9 Å². The number of amides is 5. The molecule has 0 aromatic heterocycles. The Morgan fingerprint density at radius 1 is 0.825 bits per heavy atom. The van der Waals surface area contributed by atoms with Gasteiger partial charge in [0.15, 0.2) is 0 Å². The van der Waals surface area contributed by atoms with E-state index in [4.69, 9.17) is 0 Å². The minimum Gasteiger partial charge on any atom is -0.345 e. The molecule has 1 aliphatic heterocycles. The van der Waals surface area contributed by atoms with Crippen molar-refractivity contribution in [3.05, 3.63) is 78.4 Å². The van der Waals surface area contributed by atoms with Gasteiger partial charge in [-0.2, -0.15) is 0 Å². The SMILES string of the molecule is CC(C)CC(NC(=O)CNC(=O)C(Cc1ccccc1)N1C(=O)CCC1=O)C(=O)Nc1ccc2ccccc2c1. The first-order valence-corrected chi connectivity index (χ1v) is 13.5. The van der Waals surface area contributed by atoms with Crippen LogP contribution in [0.1, 0.15) is 38.7 Å². The monoisotopic (exact) mass is 542 g/mol. The molecule has 0 bridgehead atoms. The van der Waals surface area contributed by atoms with Crippen LogP contribution in [0.25, 0.3) is 10.8 Å². The molecule has 208 valence electrons. The Hall–Kier alpha value is -4.53. The fraction of sp³-hybridized carbons (Fsp3) is 0.323. The third-order valence-electron chi connectivity index (χ3n) is 6.78. The van der Waals surface area contributed by atoms with E-state index < -0.39 is 42.3 Å². The molecule has 0 saturated carbocycles. The first-order valence-electron chi connectivity index (χ1n) is 13.5. The van der Waals surface area contributed by atoms with Gasteiger partial charge in [0.2, 0.25) is 29.5 Å². The quantitative estimate of drug-likeness (QED) is 0.321. The van der Waals surface area contributed by atoms with Crippen LogP contribution in [-0.4, -0.2) is 53.1 Å². The lowest BCUT2D eigenvalue weighted by Gasteiger charge is -2.26. The lowest BCUT2D eigenvalue weighted by molar-refractivity contribution is -0.146. The number of rotatable bonds is 11. The van der Waals surface area contributed by atoms with Crippen molar-refractivity contribution >= 4 is 46.0 Å². The molecular formula is C31H34N4O5. The van der Waals surface area contributed by atoms with Crippen LogP contribution in [0, 0.1) is 5.92 Å². The molecule has 40 heavy (non-hydrogen) atoms. The largest absolute Gasteiger partial charge is 0.345 e. The number of hydrogen-bond donors (Lipinski definition) is 3. The maximum atomic E-state index is 13.2. The van der Waals surface area contributed by atoms with E-state index in [9.17, 15) is 24.0 Å². The summed E-state index contributed by atoms with van der Waals surface area (Å²) in [7, 11) is 0. The van der Waals surface area contributed by atoms with Gasteiger partial charge in [0.1, 0.15) is 12.1 Å². The molecule has 9 heteroatoms. The first kappa shape index (κ1) is 28.5. The standard InChI is InChI=1S/C31H34N4O5/c1-20(2)16-25(30(39)33-24-13-12-22-10-6-7-11-23(22)18-24)34-27(36)19-32-31(40)26(17-21-8-4-3-5-9-21)35-28(37)14-15-29(35)38/h3-13,18,20,25-26H,14-17,19H2,1-2H3,(H,32,40)(H,33,39)(H,34,36). The van der Waals surface area contributed by atoms with E-state index in [1.807, 2.05) is 86.6 Å². The van der Waals surface area contributed by atoms with Crippen LogP contribution in [-0.2, 0) is 30.4 Å². The Labute approximate surface area is 233 Å². The minimum atomic E-state index is -1.07. The number of anilines is 1. The van der Waals surface area contributed by atoms with E-state index in [2.05, 4.69) is 16.0 Å². The van der Waals surface area contributed by atoms with Crippen LogP contribution in [0.15, 0.2) is 72.8 Å². The van der Waals surface area contributed by atoms with Gasteiger partial charge in [0.25, 0.3) is 0 Å². The van der Waals surface area contributed by atoms with Crippen molar-refractivity contribution < 1.29 is 24.0 Å². The van der Waals surface area contributed by atoms with Crippen molar-refractivity contribution in [3.63, 3.8) is 0 Å². The molecule has 1 aliphatic rings. The van der Waals surface area contributed by atoms with Crippen molar-refractivity contribution in [2.24, 2.45) is 5.92 Å². The Bertz CT molecular complexity index is 1390. The number of carbonyl (C=O) groups excluding carboxylic acids is 5. The van der Waals surface area contributed by atoms with Crippen molar-refractivity contribution in [1.29, 1.82) is 0 Å². The van der Waals surface area contributed by atoms with Crippen LogP contribution in [0.5, 0.6) is 0 Å². The number of fused-ring (bicyclic) bond motifs is 1. The fourth-order valence-corrected chi connectivity index (χ4v) is 4.81.